The van der Waals surface area contributed by atoms with Gasteiger partial charge in [-0.1, -0.05) is 26.0 Å². The summed E-state index contributed by atoms with van der Waals surface area (Å²) in [5.74, 6) is -0.758. The summed E-state index contributed by atoms with van der Waals surface area (Å²) in [4.78, 5) is 22.7. The fourth-order valence-corrected chi connectivity index (χ4v) is 2.00. The Morgan fingerprint density at radius 2 is 2.11 bits per heavy atom. The molecule has 0 fully saturated rings. The molecule has 18 heavy (non-hydrogen) atoms. The highest BCUT2D eigenvalue weighted by Crippen LogP contribution is 2.10. The van der Waals surface area contributed by atoms with Gasteiger partial charge in [0.15, 0.2) is 0 Å². The second-order valence-electron chi connectivity index (χ2n) is 5.12. The lowest BCUT2D eigenvalue weighted by molar-refractivity contribution is -0.139. The van der Waals surface area contributed by atoms with E-state index in [-0.39, 0.29) is 18.0 Å². The van der Waals surface area contributed by atoms with Crippen LogP contribution in [0.4, 0.5) is 4.79 Å². The lowest BCUT2D eigenvalue weighted by Gasteiger charge is -2.22. The van der Waals surface area contributed by atoms with Gasteiger partial charge in [-0.05, 0) is 31.6 Å². The summed E-state index contributed by atoms with van der Waals surface area (Å²) in [6.45, 7) is 3.86. The largest absolute Gasteiger partial charge is 0.480 e. The van der Waals surface area contributed by atoms with E-state index >= 15 is 0 Å². The van der Waals surface area contributed by atoms with Gasteiger partial charge in [0.2, 0.25) is 0 Å². The molecule has 0 bridgehead atoms. The number of hydrogen-bond donors (Lipinski definition) is 3. The van der Waals surface area contributed by atoms with E-state index in [1.54, 1.807) is 0 Å². The zero-order chi connectivity index (χ0) is 13.5. The molecule has 5 heteroatoms. The summed E-state index contributed by atoms with van der Waals surface area (Å²) in [6, 6.07) is -1.09. The van der Waals surface area contributed by atoms with Crippen LogP contribution in [-0.2, 0) is 4.79 Å². The van der Waals surface area contributed by atoms with Gasteiger partial charge < -0.3 is 15.7 Å². The van der Waals surface area contributed by atoms with Gasteiger partial charge in [-0.2, -0.15) is 0 Å². The van der Waals surface area contributed by atoms with Gasteiger partial charge in [-0.15, -0.1) is 0 Å². The number of amides is 2. The highest BCUT2D eigenvalue weighted by molar-refractivity contribution is 5.82. The van der Waals surface area contributed by atoms with E-state index in [4.69, 9.17) is 5.11 Å². The molecule has 0 radical (unpaired) electrons. The number of carboxylic acid groups (broad SMARTS) is 1. The third-order valence-corrected chi connectivity index (χ3v) is 2.91. The molecular weight excluding hydrogens is 232 g/mol. The fourth-order valence-electron chi connectivity index (χ4n) is 2.00. The molecule has 5 nitrogen and oxygen atoms in total. The van der Waals surface area contributed by atoms with E-state index in [9.17, 15) is 9.59 Å². The summed E-state index contributed by atoms with van der Waals surface area (Å²) < 4.78 is 0. The van der Waals surface area contributed by atoms with Crippen molar-refractivity contribution in [1.29, 1.82) is 0 Å². The Morgan fingerprint density at radius 3 is 2.61 bits per heavy atom. The molecule has 2 amide bonds. The minimum Gasteiger partial charge on any atom is -0.480 e. The first-order chi connectivity index (χ1) is 8.49. The first kappa shape index (κ1) is 14.5. The Morgan fingerprint density at radius 1 is 1.39 bits per heavy atom. The molecule has 0 saturated carbocycles. The van der Waals surface area contributed by atoms with E-state index in [0.29, 0.717) is 6.42 Å². The molecule has 0 aromatic rings. The zero-order valence-corrected chi connectivity index (χ0v) is 11.0. The van der Waals surface area contributed by atoms with Gasteiger partial charge >= 0.3 is 12.0 Å². The minimum absolute atomic E-state index is 0.114. The van der Waals surface area contributed by atoms with Crippen LogP contribution >= 0.6 is 0 Å². The van der Waals surface area contributed by atoms with Gasteiger partial charge in [-0.25, -0.2) is 9.59 Å². The molecular formula is C13H22N2O3. The maximum atomic E-state index is 11.7. The third-order valence-electron chi connectivity index (χ3n) is 2.91. The Balaban J connectivity index is 2.40. The predicted molar refractivity (Wildman–Crippen MR) is 69.3 cm³/mol. The number of urea groups is 1. The number of nitrogens with one attached hydrogen (secondary N) is 2. The molecule has 0 spiro atoms. The van der Waals surface area contributed by atoms with Crippen molar-refractivity contribution in [2.45, 2.75) is 51.6 Å². The van der Waals surface area contributed by atoms with Crippen molar-refractivity contribution in [2.24, 2.45) is 5.92 Å². The molecule has 102 valence electrons. The normalized spacial score (nSPS) is 20.5. The molecule has 0 aromatic heterocycles. The Kier molecular flexibility index (Phi) is 5.68. The van der Waals surface area contributed by atoms with E-state index in [0.717, 1.165) is 19.3 Å². The molecule has 0 saturated heterocycles. The van der Waals surface area contributed by atoms with Crippen LogP contribution in [0.5, 0.6) is 0 Å². The number of rotatable bonds is 5. The summed E-state index contributed by atoms with van der Waals surface area (Å²) in [6.07, 6.45) is 7.25. The number of carbonyl (C=O) groups excluding carboxylic acids is 1. The van der Waals surface area contributed by atoms with Crippen LogP contribution in [-0.4, -0.2) is 29.2 Å². The maximum Gasteiger partial charge on any atom is 0.326 e. The van der Waals surface area contributed by atoms with E-state index in [2.05, 4.69) is 16.7 Å². The molecule has 1 unspecified atom stereocenters. The van der Waals surface area contributed by atoms with Gasteiger partial charge in [0.25, 0.3) is 0 Å². The smallest absolute Gasteiger partial charge is 0.326 e. The molecule has 1 rings (SSSR count). The average molecular weight is 254 g/mol. The minimum atomic E-state index is -0.984. The van der Waals surface area contributed by atoms with Crippen molar-refractivity contribution in [1.82, 2.24) is 10.6 Å². The van der Waals surface area contributed by atoms with Crippen molar-refractivity contribution in [2.75, 3.05) is 0 Å². The number of allylic oxidation sites excluding steroid dienone is 1. The van der Waals surface area contributed by atoms with E-state index < -0.39 is 12.0 Å². The van der Waals surface area contributed by atoms with Crippen molar-refractivity contribution >= 4 is 12.0 Å². The molecule has 1 aliphatic rings. The first-order valence-electron chi connectivity index (χ1n) is 6.44. The number of carbonyl (C=O) groups is 2. The van der Waals surface area contributed by atoms with E-state index in [1.807, 2.05) is 19.9 Å². The van der Waals surface area contributed by atoms with Crippen molar-refractivity contribution in [3.05, 3.63) is 12.2 Å². The van der Waals surface area contributed by atoms with Crippen molar-refractivity contribution < 1.29 is 14.7 Å². The first-order valence-corrected chi connectivity index (χ1v) is 6.44. The summed E-state index contributed by atoms with van der Waals surface area (Å²) in [5, 5.41) is 14.4. The highest BCUT2D eigenvalue weighted by Gasteiger charge is 2.22. The van der Waals surface area contributed by atoms with Crippen LogP contribution in [0.15, 0.2) is 12.2 Å². The van der Waals surface area contributed by atoms with Gasteiger partial charge in [0.1, 0.15) is 6.04 Å². The molecule has 0 heterocycles. The average Bonchev–Trinajstić information content (AvgIpc) is 2.28. The predicted octanol–water partition coefficient (Wildman–Crippen LogP) is 1.89. The van der Waals surface area contributed by atoms with Crippen LogP contribution in [0, 0.1) is 5.92 Å². The van der Waals surface area contributed by atoms with Gasteiger partial charge in [0, 0.05) is 6.04 Å². The fraction of sp³-hybridized carbons (Fsp3) is 0.692. The van der Waals surface area contributed by atoms with Gasteiger partial charge in [-0.3, -0.25) is 0 Å². The number of aliphatic carboxylic acids is 1. The molecule has 3 N–H and O–H groups in total. The highest BCUT2D eigenvalue weighted by atomic mass is 16.4. The topological polar surface area (TPSA) is 78.4 Å². The SMILES string of the molecule is CC(C)C[C@@H](NC(=O)NC1CC=CCC1)C(=O)O. The van der Waals surface area contributed by atoms with Crippen molar-refractivity contribution in [3.8, 4) is 0 Å². The molecule has 0 aliphatic heterocycles. The molecule has 1 aliphatic carbocycles. The van der Waals surface area contributed by atoms with Gasteiger partial charge in [0.05, 0.1) is 0 Å². The molecule has 0 aromatic carbocycles. The van der Waals surface area contributed by atoms with Crippen molar-refractivity contribution in [3.63, 3.8) is 0 Å². The standard InChI is InChI=1S/C13H22N2O3/c1-9(2)8-11(12(16)17)15-13(18)14-10-6-4-3-5-7-10/h3-4,9-11H,5-8H2,1-2H3,(H,16,17)(H2,14,15,18)/t10?,11-/m1/s1. The maximum absolute atomic E-state index is 11.7. The summed E-state index contributed by atoms with van der Waals surface area (Å²) in [5.41, 5.74) is 0. The lowest BCUT2D eigenvalue weighted by atomic mass is 10.0. The third kappa shape index (κ3) is 5.21. The Labute approximate surface area is 108 Å². The van der Waals surface area contributed by atoms with Crippen LogP contribution in [0.3, 0.4) is 0 Å². The molecule has 2 atom stereocenters. The quantitative estimate of drug-likeness (QED) is 0.656. The van der Waals surface area contributed by atoms with Crippen LogP contribution < -0.4 is 10.6 Å². The summed E-state index contributed by atoms with van der Waals surface area (Å²) >= 11 is 0. The monoisotopic (exact) mass is 254 g/mol. The lowest BCUT2D eigenvalue weighted by Crippen LogP contribution is -2.49. The van der Waals surface area contributed by atoms with Crippen LogP contribution in [0.1, 0.15) is 39.5 Å². The number of carboxylic acids is 1. The van der Waals surface area contributed by atoms with Crippen LogP contribution in [0.2, 0.25) is 0 Å². The zero-order valence-electron chi connectivity index (χ0n) is 11.0. The Hall–Kier alpha value is -1.52. The second-order valence-corrected chi connectivity index (χ2v) is 5.12. The second kappa shape index (κ2) is 7.03. The summed E-state index contributed by atoms with van der Waals surface area (Å²) in [7, 11) is 0. The van der Waals surface area contributed by atoms with Crippen LogP contribution in [0.25, 0.3) is 0 Å². The Bertz CT molecular complexity index is 326. The van der Waals surface area contributed by atoms with E-state index in [1.165, 1.54) is 0 Å². The number of hydrogen-bond acceptors (Lipinski definition) is 2.